The lowest BCUT2D eigenvalue weighted by atomic mass is 10.1. The molecule has 0 aliphatic heterocycles. The molecule has 0 atom stereocenters. The van der Waals surface area contributed by atoms with Gasteiger partial charge in [0, 0.05) is 24.7 Å². The molecule has 0 aromatic heterocycles. The quantitative estimate of drug-likeness (QED) is 0.704. The average molecular weight is 358 g/mol. The summed E-state index contributed by atoms with van der Waals surface area (Å²) in [5, 5.41) is 5.49. The molecule has 0 saturated carbocycles. The summed E-state index contributed by atoms with van der Waals surface area (Å²) in [5.41, 5.74) is 0.920. The van der Waals surface area contributed by atoms with Crippen LogP contribution in [0.4, 0.5) is 0 Å². The summed E-state index contributed by atoms with van der Waals surface area (Å²) in [6.45, 7) is 0.588. The Labute approximate surface area is 152 Å². The van der Waals surface area contributed by atoms with Gasteiger partial charge in [-0.15, -0.1) is 0 Å². The van der Waals surface area contributed by atoms with Gasteiger partial charge in [0.2, 0.25) is 0 Å². The van der Waals surface area contributed by atoms with Gasteiger partial charge in [-0.05, 0) is 36.4 Å². The minimum atomic E-state index is -0.289. The summed E-state index contributed by atoms with van der Waals surface area (Å²) in [5.74, 6) is 1.20. The Morgan fingerprint density at radius 2 is 1.35 bits per heavy atom. The first kappa shape index (κ1) is 19.1. The first-order chi connectivity index (χ1) is 12.6. The van der Waals surface area contributed by atoms with Gasteiger partial charge in [-0.2, -0.15) is 0 Å². The van der Waals surface area contributed by atoms with E-state index < -0.39 is 0 Å². The molecule has 2 rings (SSSR count). The van der Waals surface area contributed by atoms with Crippen LogP contribution in [-0.2, 0) is 0 Å². The van der Waals surface area contributed by atoms with Crippen molar-refractivity contribution in [2.45, 2.75) is 0 Å². The number of hydrogen-bond donors (Lipinski definition) is 2. The Bertz CT molecular complexity index is 759. The number of methoxy groups -OCH3 is 3. The van der Waals surface area contributed by atoms with E-state index in [4.69, 9.17) is 14.2 Å². The predicted octanol–water partition coefficient (Wildman–Crippen LogP) is 1.87. The minimum Gasteiger partial charge on any atom is -0.497 e. The van der Waals surface area contributed by atoms with Gasteiger partial charge < -0.3 is 24.8 Å². The summed E-state index contributed by atoms with van der Waals surface area (Å²) in [7, 11) is 4.59. The molecule has 2 amide bonds. The highest BCUT2D eigenvalue weighted by molar-refractivity contribution is 5.97. The summed E-state index contributed by atoms with van der Waals surface area (Å²) in [4.78, 5) is 24.3. The van der Waals surface area contributed by atoms with Crippen molar-refractivity contribution in [1.29, 1.82) is 0 Å². The third-order valence-electron chi connectivity index (χ3n) is 3.70. The van der Waals surface area contributed by atoms with Crippen LogP contribution in [0.15, 0.2) is 42.5 Å². The van der Waals surface area contributed by atoms with Crippen molar-refractivity contribution < 1.29 is 23.8 Å². The second-order valence-electron chi connectivity index (χ2n) is 5.31. The van der Waals surface area contributed by atoms with E-state index in [0.717, 1.165) is 0 Å². The molecule has 0 spiro atoms. The minimum absolute atomic E-state index is 0.219. The third-order valence-corrected chi connectivity index (χ3v) is 3.70. The van der Waals surface area contributed by atoms with E-state index >= 15 is 0 Å². The van der Waals surface area contributed by atoms with Crippen molar-refractivity contribution in [3.8, 4) is 17.2 Å². The van der Waals surface area contributed by atoms with Crippen molar-refractivity contribution in [1.82, 2.24) is 10.6 Å². The Kier molecular flexibility index (Phi) is 6.84. The summed E-state index contributed by atoms with van der Waals surface area (Å²) in [6, 6.07) is 11.7. The summed E-state index contributed by atoms with van der Waals surface area (Å²) in [6.07, 6.45) is 0. The van der Waals surface area contributed by atoms with Crippen LogP contribution in [0.25, 0.3) is 0 Å². The Morgan fingerprint density at radius 1 is 0.769 bits per heavy atom. The normalized spacial score (nSPS) is 9.96. The molecule has 0 bridgehead atoms. The zero-order valence-corrected chi connectivity index (χ0v) is 15.0. The number of benzene rings is 2. The number of amides is 2. The smallest absolute Gasteiger partial charge is 0.255 e. The molecular weight excluding hydrogens is 336 g/mol. The van der Waals surface area contributed by atoms with Gasteiger partial charge in [-0.25, -0.2) is 0 Å². The van der Waals surface area contributed by atoms with Crippen molar-refractivity contribution in [3.05, 3.63) is 53.6 Å². The van der Waals surface area contributed by atoms with E-state index in [9.17, 15) is 9.59 Å². The number of hydrogen-bond acceptors (Lipinski definition) is 5. The number of ether oxygens (including phenoxy) is 3. The third kappa shape index (κ3) is 4.89. The van der Waals surface area contributed by atoms with Crippen LogP contribution in [0.5, 0.6) is 17.2 Å². The highest BCUT2D eigenvalue weighted by atomic mass is 16.5. The highest BCUT2D eigenvalue weighted by Gasteiger charge is 2.13. The summed E-state index contributed by atoms with van der Waals surface area (Å²) >= 11 is 0. The molecule has 2 N–H and O–H groups in total. The molecule has 0 aliphatic rings. The first-order valence-corrected chi connectivity index (χ1v) is 8.01. The number of nitrogens with one attached hydrogen (secondary N) is 2. The molecule has 0 radical (unpaired) electrons. The Balaban J connectivity index is 1.83. The molecule has 7 heteroatoms. The molecular formula is C19H22N2O5. The fourth-order valence-corrected chi connectivity index (χ4v) is 2.28. The lowest BCUT2D eigenvalue weighted by Gasteiger charge is -2.11. The SMILES string of the molecule is COc1ccc(C(=O)NCCNC(=O)c2ccc(OC)cc2OC)cc1. The van der Waals surface area contributed by atoms with Crippen molar-refractivity contribution in [3.63, 3.8) is 0 Å². The molecule has 2 aromatic carbocycles. The standard InChI is InChI=1S/C19H22N2O5/c1-24-14-6-4-13(5-7-14)18(22)20-10-11-21-19(23)16-9-8-15(25-2)12-17(16)26-3/h4-9,12H,10-11H2,1-3H3,(H,20,22)(H,21,23). The van der Waals surface area contributed by atoms with E-state index in [-0.39, 0.29) is 18.4 Å². The topological polar surface area (TPSA) is 85.9 Å². The van der Waals surface area contributed by atoms with Crippen LogP contribution >= 0.6 is 0 Å². The van der Waals surface area contributed by atoms with Gasteiger partial charge in [-0.3, -0.25) is 9.59 Å². The van der Waals surface area contributed by atoms with Crippen LogP contribution in [0.2, 0.25) is 0 Å². The first-order valence-electron chi connectivity index (χ1n) is 8.01. The predicted molar refractivity (Wildman–Crippen MR) is 97.2 cm³/mol. The molecule has 0 fully saturated rings. The van der Waals surface area contributed by atoms with Crippen molar-refractivity contribution in [2.75, 3.05) is 34.4 Å². The molecule has 138 valence electrons. The second kappa shape index (κ2) is 9.31. The maximum atomic E-state index is 12.3. The van der Waals surface area contributed by atoms with Crippen LogP contribution in [0, 0.1) is 0 Å². The molecule has 26 heavy (non-hydrogen) atoms. The monoisotopic (exact) mass is 358 g/mol. The number of rotatable bonds is 8. The summed E-state index contributed by atoms with van der Waals surface area (Å²) < 4.78 is 15.4. The van der Waals surface area contributed by atoms with E-state index in [0.29, 0.717) is 34.9 Å². The fraction of sp³-hybridized carbons (Fsp3) is 0.263. The fourth-order valence-electron chi connectivity index (χ4n) is 2.28. The van der Waals surface area contributed by atoms with Crippen LogP contribution in [-0.4, -0.2) is 46.2 Å². The van der Waals surface area contributed by atoms with Crippen LogP contribution in [0.1, 0.15) is 20.7 Å². The van der Waals surface area contributed by atoms with Crippen molar-refractivity contribution in [2.24, 2.45) is 0 Å². The van der Waals surface area contributed by atoms with Crippen molar-refractivity contribution >= 4 is 11.8 Å². The van der Waals surface area contributed by atoms with E-state index in [1.807, 2.05) is 0 Å². The maximum absolute atomic E-state index is 12.3. The number of carbonyl (C=O) groups is 2. The molecule has 0 aliphatic carbocycles. The molecule has 0 unspecified atom stereocenters. The highest BCUT2D eigenvalue weighted by Crippen LogP contribution is 2.24. The van der Waals surface area contributed by atoms with E-state index in [1.165, 1.54) is 7.11 Å². The number of carbonyl (C=O) groups excluding carboxylic acids is 2. The molecule has 0 heterocycles. The Morgan fingerprint density at radius 3 is 1.92 bits per heavy atom. The lowest BCUT2D eigenvalue weighted by Crippen LogP contribution is -2.34. The average Bonchev–Trinajstić information content (AvgIpc) is 2.70. The van der Waals surface area contributed by atoms with Gasteiger partial charge in [0.25, 0.3) is 11.8 Å². The van der Waals surface area contributed by atoms with Crippen LogP contribution in [0.3, 0.4) is 0 Å². The molecule has 7 nitrogen and oxygen atoms in total. The lowest BCUT2D eigenvalue weighted by molar-refractivity contribution is 0.0926. The zero-order valence-electron chi connectivity index (χ0n) is 15.0. The van der Waals surface area contributed by atoms with Crippen LogP contribution < -0.4 is 24.8 Å². The van der Waals surface area contributed by atoms with Gasteiger partial charge in [0.15, 0.2) is 0 Å². The molecule has 2 aromatic rings. The largest absolute Gasteiger partial charge is 0.497 e. The van der Waals surface area contributed by atoms with E-state index in [1.54, 1.807) is 56.7 Å². The molecule has 0 saturated heterocycles. The van der Waals surface area contributed by atoms with Gasteiger partial charge in [0.1, 0.15) is 17.2 Å². The van der Waals surface area contributed by atoms with E-state index in [2.05, 4.69) is 10.6 Å². The maximum Gasteiger partial charge on any atom is 0.255 e. The Hall–Kier alpha value is -3.22. The van der Waals surface area contributed by atoms with Gasteiger partial charge in [-0.1, -0.05) is 0 Å². The van der Waals surface area contributed by atoms with Gasteiger partial charge in [0.05, 0.1) is 26.9 Å². The second-order valence-corrected chi connectivity index (χ2v) is 5.31. The zero-order chi connectivity index (χ0) is 18.9. The van der Waals surface area contributed by atoms with Gasteiger partial charge >= 0.3 is 0 Å².